The fourth-order valence-electron chi connectivity index (χ4n) is 2.35. The lowest BCUT2D eigenvalue weighted by Gasteiger charge is -2.14. The molecule has 1 aromatic carbocycles. The summed E-state index contributed by atoms with van der Waals surface area (Å²) >= 11 is 0. The Labute approximate surface area is 125 Å². The van der Waals surface area contributed by atoms with Gasteiger partial charge in [-0.25, -0.2) is 4.79 Å². The van der Waals surface area contributed by atoms with Gasteiger partial charge in [-0.1, -0.05) is 6.92 Å². The highest BCUT2D eigenvalue weighted by atomic mass is 16.5. The van der Waals surface area contributed by atoms with E-state index < -0.39 is 5.97 Å². The molecule has 1 saturated heterocycles. The molecule has 0 unspecified atom stereocenters. The molecule has 1 fully saturated rings. The summed E-state index contributed by atoms with van der Waals surface area (Å²) in [6.07, 6.45) is 3.32. The Hall–Kier alpha value is -1.75. The minimum Gasteiger partial charge on any atom is -0.507 e. The molecule has 1 aliphatic heterocycles. The van der Waals surface area contributed by atoms with E-state index in [1.807, 2.05) is 6.92 Å². The first-order valence-electron chi connectivity index (χ1n) is 7.56. The largest absolute Gasteiger partial charge is 0.507 e. The van der Waals surface area contributed by atoms with Crippen molar-refractivity contribution in [1.82, 2.24) is 4.90 Å². The van der Waals surface area contributed by atoms with Crippen LogP contribution in [0.3, 0.4) is 0 Å². The standard InChI is InChI=1S/C16H23NO4/c1-2-10-20-13-5-6-14(15(18)12-13)16(19)21-11-9-17-7-3-4-8-17/h5-6,12,18H,2-4,7-11H2,1H3. The third-order valence-electron chi connectivity index (χ3n) is 3.50. The number of hydrogen-bond acceptors (Lipinski definition) is 5. The lowest BCUT2D eigenvalue weighted by Crippen LogP contribution is -2.25. The van der Waals surface area contributed by atoms with Gasteiger partial charge >= 0.3 is 5.97 Å². The van der Waals surface area contributed by atoms with Gasteiger partial charge in [0.15, 0.2) is 0 Å². The molecule has 0 aromatic heterocycles. The molecule has 1 heterocycles. The SMILES string of the molecule is CCCOc1ccc(C(=O)OCCN2CCCC2)c(O)c1. The lowest BCUT2D eigenvalue weighted by atomic mass is 10.2. The van der Waals surface area contributed by atoms with E-state index in [9.17, 15) is 9.90 Å². The van der Waals surface area contributed by atoms with Crippen molar-refractivity contribution in [2.45, 2.75) is 26.2 Å². The van der Waals surface area contributed by atoms with E-state index >= 15 is 0 Å². The monoisotopic (exact) mass is 293 g/mol. The van der Waals surface area contributed by atoms with Crippen LogP contribution in [0, 0.1) is 0 Å². The predicted octanol–water partition coefficient (Wildman–Crippen LogP) is 2.43. The topological polar surface area (TPSA) is 59.0 Å². The van der Waals surface area contributed by atoms with Gasteiger partial charge in [0.05, 0.1) is 6.61 Å². The highest BCUT2D eigenvalue weighted by Crippen LogP contribution is 2.24. The molecule has 5 nitrogen and oxygen atoms in total. The molecule has 0 aliphatic carbocycles. The highest BCUT2D eigenvalue weighted by Gasteiger charge is 2.15. The van der Waals surface area contributed by atoms with Gasteiger partial charge in [-0.2, -0.15) is 0 Å². The Morgan fingerprint density at radius 3 is 2.71 bits per heavy atom. The number of phenolic OH excluding ortho intramolecular Hbond substituents is 1. The molecule has 0 amide bonds. The number of esters is 1. The number of hydrogen-bond donors (Lipinski definition) is 1. The van der Waals surface area contributed by atoms with Crippen LogP contribution in [-0.4, -0.2) is 48.8 Å². The first-order chi connectivity index (χ1) is 10.2. The number of carbonyl (C=O) groups excluding carboxylic acids is 1. The zero-order valence-corrected chi connectivity index (χ0v) is 12.5. The molecule has 0 bridgehead atoms. The van der Waals surface area contributed by atoms with Crippen LogP contribution in [0.4, 0.5) is 0 Å². The van der Waals surface area contributed by atoms with Crippen LogP contribution in [0.25, 0.3) is 0 Å². The Morgan fingerprint density at radius 1 is 1.29 bits per heavy atom. The lowest BCUT2D eigenvalue weighted by molar-refractivity contribution is 0.0469. The average molecular weight is 293 g/mol. The van der Waals surface area contributed by atoms with Crippen molar-refractivity contribution in [1.29, 1.82) is 0 Å². The van der Waals surface area contributed by atoms with Gasteiger partial charge in [-0.3, -0.25) is 4.90 Å². The van der Waals surface area contributed by atoms with Crippen molar-refractivity contribution in [3.63, 3.8) is 0 Å². The van der Waals surface area contributed by atoms with Gasteiger partial charge in [-0.15, -0.1) is 0 Å². The van der Waals surface area contributed by atoms with Crippen molar-refractivity contribution in [2.24, 2.45) is 0 Å². The van der Waals surface area contributed by atoms with Gasteiger partial charge in [0, 0.05) is 12.6 Å². The summed E-state index contributed by atoms with van der Waals surface area (Å²) in [5.74, 6) is -0.0357. The maximum atomic E-state index is 11.9. The van der Waals surface area contributed by atoms with Crippen LogP contribution in [0.5, 0.6) is 11.5 Å². The molecular weight excluding hydrogens is 270 g/mol. The minimum absolute atomic E-state index is 0.102. The van der Waals surface area contributed by atoms with Gasteiger partial charge in [0.1, 0.15) is 23.7 Å². The van der Waals surface area contributed by atoms with E-state index in [0.717, 1.165) is 26.1 Å². The third-order valence-corrected chi connectivity index (χ3v) is 3.50. The number of likely N-dealkylation sites (tertiary alicyclic amines) is 1. The summed E-state index contributed by atoms with van der Waals surface area (Å²) in [6, 6.07) is 4.66. The molecule has 0 saturated carbocycles. The van der Waals surface area contributed by atoms with Gasteiger partial charge in [0.2, 0.25) is 0 Å². The van der Waals surface area contributed by atoms with E-state index in [1.54, 1.807) is 12.1 Å². The Balaban J connectivity index is 1.83. The average Bonchev–Trinajstić information content (AvgIpc) is 2.98. The quantitative estimate of drug-likeness (QED) is 0.782. The first kappa shape index (κ1) is 15.6. The molecule has 116 valence electrons. The van der Waals surface area contributed by atoms with Crippen LogP contribution in [-0.2, 0) is 4.74 Å². The van der Waals surface area contributed by atoms with Crippen molar-refractivity contribution in [2.75, 3.05) is 32.8 Å². The summed E-state index contributed by atoms with van der Waals surface area (Å²) in [4.78, 5) is 14.2. The van der Waals surface area contributed by atoms with Crippen molar-refractivity contribution >= 4 is 5.97 Å². The maximum Gasteiger partial charge on any atom is 0.341 e. The molecule has 1 aliphatic rings. The second-order valence-corrected chi connectivity index (χ2v) is 5.21. The molecule has 5 heteroatoms. The van der Waals surface area contributed by atoms with E-state index in [4.69, 9.17) is 9.47 Å². The molecule has 0 radical (unpaired) electrons. The molecular formula is C16H23NO4. The van der Waals surface area contributed by atoms with E-state index in [2.05, 4.69) is 4.90 Å². The van der Waals surface area contributed by atoms with Crippen LogP contribution in [0.15, 0.2) is 18.2 Å². The first-order valence-corrected chi connectivity index (χ1v) is 7.56. The molecule has 0 atom stereocenters. The second-order valence-electron chi connectivity index (χ2n) is 5.21. The predicted molar refractivity (Wildman–Crippen MR) is 79.8 cm³/mol. The Bertz CT molecular complexity index is 469. The molecule has 0 spiro atoms. The normalized spacial score (nSPS) is 15.1. The molecule has 2 rings (SSSR count). The second kappa shape index (κ2) is 7.88. The Kier molecular flexibility index (Phi) is 5.87. The summed E-state index contributed by atoms with van der Waals surface area (Å²) in [6.45, 7) is 5.85. The summed E-state index contributed by atoms with van der Waals surface area (Å²) in [7, 11) is 0. The number of benzene rings is 1. The minimum atomic E-state index is -0.492. The van der Waals surface area contributed by atoms with E-state index in [-0.39, 0.29) is 11.3 Å². The highest BCUT2D eigenvalue weighted by molar-refractivity contribution is 5.92. The van der Waals surface area contributed by atoms with Gasteiger partial charge < -0.3 is 14.6 Å². The molecule has 1 aromatic rings. The number of rotatable bonds is 7. The van der Waals surface area contributed by atoms with Gasteiger partial charge in [0.25, 0.3) is 0 Å². The smallest absolute Gasteiger partial charge is 0.341 e. The number of phenols is 1. The van der Waals surface area contributed by atoms with Crippen LogP contribution < -0.4 is 4.74 Å². The van der Waals surface area contributed by atoms with Crippen LogP contribution in [0.1, 0.15) is 36.5 Å². The van der Waals surface area contributed by atoms with Gasteiger partial charge in [-0.05, 0) is 44.5 Å². The van der Waals surface area contributed by atoms with E-state index in [1.165, 1.54) is 18.9 Å². The number of ether oxygens (including phenoxy) is 2. The number of nitrogens with zero attached hydrogens (tertiary/aromatic N) is 1. The van der Waals surface area contributed by atoms with Crippen molar-refractivity contribution in [3.05, 3.63) is 23.8 Å². The summed E-state index contributed by atoms with van der Waals surface area (Å²) < 4.78 is 10.6. The van der Waals surface area contributed by atoms with E-state index in [0.29, 0.717) is 19.0 Å². The summed E-state index contributed by atoms with van der Waals surface area (Å²) in [5.41, 5.74) is 0.181. The zero-order valence-electron chi connectivity index (χ0n) is 12.5. The molecule has 21 heavy (non-hydrogen) atoms. The molecule has 1 N–H and O–H groups in total. The Morgan fingerprint density at radius 2 is 2.05 bits per heavy atom. The van der Waals surface area contributed by atoms with Crippen molar-refractivity contribution in [3.8, 4) is 11.5 Å². The maximum absolute atomic E-state index is 11.9. The third kappa shape index (κ3) is 4.63. The fraction of sp³-hybridized carbons (Fsp3) is 0.562. The van der Waals surface area contributed by atoms with Crippen LogP contribution in [0.2, 0.25) is 0 Å². The summed E-state index contributed by atoms with van der Waals surface area (Å²) in [5, 5.41) is 9.88. The zero-order chi connectivity index (χ0) is 15.1. The van der Waals surface area contributed by atoms with Crippen LogP contribution >= 0.6 is 0 Å². The fourth-order valence-corrected chi connectivity index (χ4v) is 2.35. The van der Waals surface area contributed by atoms with Crippen molar-refractivity contribution < 1.29 is 19.4 Å². The number of aromatic hydroxyl groups is 1. The number of carbonyl (C=O) groups is 1.